The second-order valence-corrected chi connectivity index (χ2v) is 4.68. The summed E-state index contributed by atoms with van der Waals surface area (Å²) in [4.78, 5) is 0. The maximum Gasteiger partial charge on any atom is 0.168 e. The predicted molar refractivity (Wildman–Crippen MR) is 52.6 cm³/mol. The van der Waals surface area contributed by atoms with Crippen molar-refractivity contribution < 1.29 is 5.11 Å². The summed E-state index contributed by atoms with van der Waals surface area (Å²) in [6.07, 6.45) is 2.62. The summed E-state index contributed by atoms with van der Waals surface area (Å²) >= 11 is 5.23. The van der Waals surface area contributed by atoms with Gasteiger partial charge < -0.3 is 5.11 Å². The molecule has 0 bridgehead atoms. The van der Waals surface area contributed by atoms with Gasteiger partial charge in [0.15, 0.2) is 5.75 Å². The van der Waals surface area contributed by atoms with Gasteiger partial charge in [-0.1, -0.05) is 0 Å². The lowest BCUT2D eigenvalue weighted by atomic mass is 10.3. The van der Waals surface area contributed by atoms with E-state index in [9.17, 15) is 5.11 Å². The molecule has 1 unspecified atom stereocenters. The van der Waals surface area contributed by atoms with Crippen LogP contribution in [0.25, 0.3) is 0 Å². The third-order valence-corrected chi connectivity index (χ3v) is 3.88. The smallest absolute Gasteiger partial charge is 0.168 e. The Morgan fingerprint density at radius 3 is 3.08 bits per heavy atom. The lowest BCUT2D eigenvalue weighted by molar-refractivity contribution is 0.457. The molecule has 0 aliphatic carbocycles. The van der Waals surface area contributed by atoms with Crippen molar-refractivity contribution in [1.82, 2.24) is 9.78 Å². The highest BCUT2D eigenvalue weighted by atomic mass is 79.9. The summed E-state index contributed by atoms with van der Waals surface area (Å²) in [6, 6.07) is 0.449. The van der Waals surface area contributed by atoms with E-state index < -0.39 is 0 Å². The Labute approximate surface area is 83.3 Å². The summed E-state index contributed by atoms with van der Waals surface area (Å²) in [5.74, 6) is 2.52. The molecule has 1 atom stereocenters. The zero-order valence-electron chi connectivity index (χ0n) is 6.40. The molecule has 1 fully saturated rings. The Balaban J connectivity index is 2.26. The molecule has 0 aromatic carbocycles. The molecule has 1 saturated heterocycles. The van der Waals surface area contributed by atoms with Crippen molar-refractivity contribution >= 4 is 27.7 Å². The number of rotatable bonds is 1. The van der Waals surface area contributed by atoms with Crippen LogP contribution in [-0.2, 0) is 0 Å². The molecule has 1 aromatic rings. The van der Waals surface area contributed by atoms with Crippen molar-refractivity contribution in [2.45, 2.75) is 12.5 Å². The molecule has 1 aromatic heterocycles. The van der Waals surface area contributed by atoms with Crippen molar-refractivity contribution in [2.24, 2.45) is 0 Å². The largest absolute Gasteiger partial charge is 0.504 e. The van der Waals surface area contributed by atoms with Crippen LogP contribution in [0.5, 0.6) is 5.75 Å². The summed E-state index contributed by atoms with van der Waals surface area (Å²) in [5.41, 5.74) is 0. The van der Waals surface area contributed by atoms with E-state index in [2.05, 4.69) is 21.0 Å². The number of hydrogen-bond acceptors (Lipinski definition) is 3. The molecule has 2 rings (SSSR count). The van der Waals surface area contributed by atoms with Gasteiger partial charge in [-0.25, -0.2) is 0 Å². The molecule has 1 aliphatic heterocycles. The fraction of sp³-hybridized carbons (Fsp3) is 0.571. The summed E-state index contributed by atoms with van der Waals surface area (Å²) < 4.78 is 2.56. The van der Waals surface area contributed by atoms with Gasteiger partial charge in [0.2, 0.25) is 0 Å². The van der Waals surface area contributed by atoms with E-state index in [1.807, 2.05) is 16.4 Å². The maximum absolute atomic E-state index is 9.26. The molecule has 0 radical (unpaired) electrons. The highest BCUT2D eigenvalue weighted by Crippen LogP contribution is 2.33. The molecule has 2 heterocycles. The molecule has 3 nitrogen and oxygen atoms in total. The van der Waals surface area contributed by atoms with Crippen molar-refractivity contribution in [3.63, 3.8) is 0 Å². The average Bonchev–Trinajstić information content (AvgIpc) is 2.64. The number of aromatic hydroxyl groups is 1. The molecule has 0 amide bonds. The van der Waals surface area contributed by atoms with E-state index in [0.29, 0.717) is 10.6 Å². The van der Waals surface area contributed by atoms with Crippen molar-refractivity contribution in [3.8, 4) is 5.75 Å². The fourth-order valence-corrected chi connectivity index (χ4v) is 2.98. The molecule has 0 saturated carbocycles. The minimum atomic E-state index is 0.229. The molecule has 1 N–H and O–H groups in total. The summed E-state index contributed by atoms with van der Waals surface area (Å²) in [7, 11) is 0. The van der Waals surface area contributed by atoms with Crippen molar-refractivity contribution in [1.29, 1.82) is 0 Å². The molecule has 12 heavy (non-hydrogen) atoms. The second kappa shape index (κ2) is 3.30. The molecular formula is C7H9BrN2OS. The first-order chi connectivity index (χ1) is 5.79. The Kier molecular flexibility index (Phi) is 2.32. The van der Waals surface area contributed by atoms with E-state index in [1.165, 1.54) is 11.9 Å². The fourth-order valence-electron chi connectivity index (χ4n) is 1.31. The second-order valence-electron chi connectivity index (χ2n) is 2.78. The van der Waals surface area contributed by atoms with E-state index in [0.717, 1.165) is 12.2 Å². The monoisotopic (exact) mass is 248 g/mol. The lowest BCUT2D eigenvalue weighted by Crippen LogP contribution is -2.09. The van der Waals surface area contributed by atoms with Gasteiger partial charge in [0.05, 0.1) is 12.2 Å². The Morgan fingerprint density at radius 1 is 1.75 bits per heavy atom. The number of nitrogens with zero attached hydrogens (tertiary/aromatic N) is 2. The van der Waals surface area contributed by atoms with Gasteiger partial charge in [0.25, 0.3) is 0 Å². The topological polar surface area (TPSA) is 38.1 Å². The minimum Gasteiger partial charge on any atom is -0.504 e. The predicted octanol–water partition coefficient (Wildman–Crippen LogP) is 2.03. The van der Waals surface area contributed by atoms with Crippen molar-refractivity contribution in [3.05, 3.63) is 10.8 Å². The minimum absolute atomic E-state index is 0.229. The van der Waals surface area contributed by atoms with E-state index in [1.54, 1.807) is 0 Å². The Morgan fingerprint density at radius 2 is 2.58 bits per heavy atom. The van der Waals surface area contributed by atoms with Gasteiger partial charge in [-0.2, -0.15) is 16.9 Å². The zero-order valence-corrected chi connectivity index (χ0v) is 8.81. The highest BCUT2D eigenvalue weighted by molar-refractivity contribution is 9.10. The molecule has 1 aliphatic rings. The molecule has 66 valence electrons. The van der Waals surface area contributed by atoms with Crippen LogP contribution < -0.4 is 0 Å². The Bertz CT molecular complexity index is 283. The van der Waals surface area contributed by atoms with Crippen LogP contribution in [0.1, 0.15) is 12.5 Å². The van der Waals surface area contributed by atoms with E-state index in [-0.39, 0.29) is 5.75 Å². The van der Waals surface area contributed by atoms with Gasteiger partial charge in [-0.05, 0) is 28.1 Å². The number of thioether (sulfide) groups is 1. The van der Waals surface area contributed by atoms with Crippen LogP contribution in [0, 0.1) is 0 Å². The third-order valence-electron chi connectivity index (χ3n) is 1.97. The van der Waals surface area contributed by atoms with Gasteiger partial charge in [0, 0.05) is 5.75 Å². The average molecular weight is 249 g/mol. The van der Waals surface area contributed by atoms with Crippen LogP contribution in [0.3, 0.4) is 0 Å². The van der Waals surface area contributed by atoms with Gasteiger partial charge in [0.1, 0.15) is 4.60 Å². The van der Waals surface area contributed by atoms with Crippen LogP contribution in [-0.4, -0.2) is 26.4 Å². The quantitative estimate of drug-likeness (QED) is 0.827. The van der Waals surface area contributed by atoms with E-state index in [4.69, 9.17) is 0 Å². The van der Waals surface area contributed by atoms with Gasteiger partial charge in [-0.15, -0.1) is 0 Å². The van der Waals surface area contributed by atoms with E-state index >= 15 is 0 Å². The maximum atomic E-state index is 9.26. The normalized spacial score (nSPS) is 23.2. The number of hydrogen-bond donors (Lipinski definition) is 1. The third kappa shape index (κ3) is 1.35. The van der Waals surface area contributed by atoms with Gasteiger partial charge >= 0.3 is 0 Å². The summed E-state index contributed by atoms with van der Waals surface area (Å²) in [5, 5.41) is 13.4. The summed E-state index contributed by atoms with van der Waals surface area (Å²) in [6.45, 7) is 0. The van der Waals surface area contributed by atoms with Crippen molar-refractivity contribution in [2.75, 3.05) is 11.5 Å². The van der Waals surface area contributed by atoms with Gasteiger partial charge in [-0.3, -0.25) is 4.68 Å². The highest BCUT2D eigenvalue weighted by Gasteiger charge is 2.21. The molecule has 5 heteroatoms. The standard InChI is InChI=1S/C7H9BrN2OS/c8-7-6(11)3-9-10(7)5-1-2-12-4-5/h3,5,11H,1-2,4H2. The van der Waals surface area contributed by atoms with Crippen LogP contribution >= 0.6 is 27.7 Å². The first-order valence-electron chi connectivity index (χ1n) is 3.79. The molecular weight excluding hydrogens is 240 g/mol. The lowest BCUT2D eigenvalue weighted by Gasteiger charge is -2.09. The molecule has 0 spiro atoms. The number of aromatic nitrogens is 2. The first-order valence-corrected chi connectivity index (χ1v) is 5.73. The zero-order chi connectivity index (χ0) is 8.55. The Hall–Kier alpha value is -0.160. The van der Waals surface area contributed by atoms with Crippen LogP contribution in [0.2, 0.25) is 0 Å². The van der Waals surface area contributed by atoms with Crippen LogP contribution in [0.4, 0.5) is 0 Å². The first kappa shape index (κ1) is 8.44. The number of halogens is 1. The SMILES string of the molecule is Oc1cnn(C2CCSC2)c1Br. The van der Waals surface area contributed by atoms with Crippen LogP contribution in [0.15, 0.2) is 10.8 Å².